The van der Waals surface area contributed by atoms with Crippen molar-refractivity contribution in [1.82, 2.24) is 5.32 Å². The molecule has 0 aliphatic heterocycles. The lowest BCUT2D eigenvalue weighted by atomic mass is 10.2. The average molecular weight is 218 g/mol. The van der Waals surface area contributed by atoms with Crippen molar-refractivity contribution in [1.29, 1.82) is 0 Å². The summed E-state index contributed by atoms with van der Waals surface area (Å²) in [5.74, 6) is 0. The van der Waals surface area contributed by atoms with E-state index in [9.17, 15) is 0 Å². The average Bonchev–Trinajstić information content (AvgIpc) is 2.87. The first kappa shape index (κ1) is 10.8. The van der Waals surface area contributed by atoms with Crippen LogP contribution in [0.2, 0.25) is 5.02 Å². The van der Waals surface area contributed by atoms with Crippen molar-refractivity contribution in [2.75, 3.05) is 0 Å². The molecule has 1 aromatic rings. The Bertz CT molecular complexity index is 254. The number of hydrogen-bond donors (Lipinski definition) is 1. The van der Waals surface area contributed by atoms with Crippen molar-refractivity contribution >= 4 is 24.0 Å². The molecule has 3 heteroatoms. The Morgan fingerprint density at radius 2 is 1.85 bits per heavy atom. The SMILES string of the molecule is Cl.Clc1ccc(CNC2CC2)cc1. The molecule has 0 spiro atoms. The second-order valence-electron chi connectivity index (χ2n) is 3.28. The van der Waals surface area contributed by atoms with Gasteiger partial charge in [-0.3, -0.25) is 0 Å². The summed E-state index contributed by atoms with van der Waals surface area (Å²) in [5, 5.41) is 4.26. The summed E-state index contributed by atoms with van der Waals surface area (Å²) in [4.78, 5) is 0. The summed E-state index contributed by atoms with van der Waals surface area (Å²) in [6, 6.07) is 8.78. The van der Waals surface area contributed by atoms with Crippen LogP contribution >= 0.6 is 24.0 Å². The quantitative estimate of drug-likeness (QED) is 0.822. The first-order valence-corrected chi connectivity index (χ1v) is 4.70. The minimum absolute atomic E-state index is 0. The van der Waals surface area contributed by atoms with Gasteiger partial charge in [0, 0.05) is 17.6 Å². The zero-order valence-corrected chi connectivity index (χ0v) is 8.87. The molecule has 1 N–H and O–H groups in total. The topological polar surface area (TPSA) is 12.0 Å². The monoisotopic (exact) mass is 217 g/mol. The lowest BCUT2D eigenvalue weighted by Crippen LogP contribution is -2.14. The summed E-state index contributed by atoms with van der Waals surface area (Å²) < 4.78 is 0. The van der Waals surface area contributed by atoms with E-state index in [0.29, 0.717) is 0 Å². The van der Waals surface area contributed by atoms with E-state index in [-0.39, 0.29) is 12.4 Å². The number of halogens is 2. The van der Waals surface area contributed by atoms with Gasteiger partial charge in [0.25, 0.3) is 0 Å². The molecule has 0 bridgehead atoms. The molecule has 0 amide bonds. The van der Waals surface area contributed by atoms with E-state index >= 15 is 0 Å². The highest BCUT2D eigenvalue weighted by Gasteiger charge is 2.19. The maximum Gasteiger partial charge on any atom is 0.0406 e. The lowest BCUT2D eigenvalue weighted by Gasteiger charge is -2.01. The van der Waals surface area contributed by atoms with Crippen molar-refractivity contribution < 1.29 is 0 Å². The highest BCUT2D eigenvalue weighted by Crippen LogP contribution is 2.19. The molecule has 0 aromatic heterocycles. The fourth-order valence-corrected chi connectivity index (χ4v) is 1.28. The van der Waals surface area contributed by atoms with Gasteiger partial charge in [-0.1, -0.05) is 23.7 Å². The van der Waals surface area contributed by atoms with Crippen LogP contribution in [0.3, 0.4) is 0 Å². The Kier molecular flexibility index (Phi) is 4.04. The molecule has 1 saturated carbocycles. The molecule has 1 aromatic carbocycles. The van der Waals surface area contributed by atoms with E-state index in [0.717, 1.165) is 17.6 Å². The zero-order chi connectivity index (χ0) is 8.39. The number of benzene rings is 1. The van der Waals surface area contributed by atoms with Gasteiger partial charge in [-0.05, 0) is 30.5 Å². The first-order chi connectivity index (χ1) is 5.84. The smallest absolute Gasteiger partial charge is 0.0406 e. The van der Waals surface area contributed by atoms with Crippen LogP contribution in [0.15, 0.2) is 24.3 Å². The summed E-state index contributed by atoms with van der Waals surface area (Å²) in [6.07, 6.45) is 2.68. The molecule has 1 fully saturated rings. The molecule has 1 nitrogen and oxygen atoms in total. The van der Waals surface area contributed by atoms with Crippen LogP contribution in [0.25, 0.3) is 0 Å². The highest BCUT2D eigenvalue weighted by atomic mass is 35.5. The standard InChI is InChI=1S/C10H12ClN.ClH/c11-9-3-1-8(2-4-9)7-12-10-5-6-10;/h1-4,10,12H,5-7H2;1H. The van der Waals surface area contributed by atoms with E-state index in [2.05, 4.69) is 17.4 Å². The van der Waals surface area contributed by atoms with Crippen molar-refractivity contribution in [2.45, 2.75) is 25.4 Å². The maximum atomic E-state index is 5.77. The molecule has 0 unspecified atom stereocenters. The molecule has 13 heavy (non-hydrogen) atoms. The molecule has 72 valence electrons. The Morgan fingerprint density at radius 3 is 2.38 bits per heavy atom. The second kappa shape index (κ2) is 4.85. The highest BCUT2D eigenvalue weighted by molar-refractivity contribution is 6.30. The van der Waals surface area contributed by atoms with Crippen LogP contribution in [0.5, 0.6) is 0 Å². The van der Waals surface area contributed by atoms with Gasteiger partial charge in [0.2, 0.25) is 0 Å². The first-order valence-electron chi connectivity index (χ1n) is 4.32. The van der Waals surface area contributed by atoms with Crippen LogP contribution in [-0.4, -0.2) is 6.04 Å². The van der Waals surface area contributed by atoms with E-state index < -0.39 is 0 Å². The van der Waals surface area contributed by atoms with Crippen LogP contribution in [-0.2, 0) is 6.54 Å². The predicted molar refractivity (Wildman–Crippen MR) is 58.6 cm³/mol. The predicted octanol–water partition coefficient (Wildman–Crippen LogP) is 3.01. The van der Waals surface area contributed by atoms with Crippen LogP contribution in [0.4, 0.5) is 0 Å². The van der Waals surface area contributed by atoms with E-state index in [1.165, 1.54) is 18.4 Å². The third kappa shape index (κ3) is 3.55. The number of nitrogens with one attached hydrogen (secondary N) is 1. The van der Waals surface area contributed by atoms with Gasteiger partial charge >= 0.3 is 0 Å². The third-order valence-electron chi connectivity index (χ3n) is 2.09. The second-order valence-corrected chi connectivity index (χ2v) is 3.72. The van der Waals surface area contributed by atoms with Crippen molar-refractivity contribution in [3.63, 3.8) is 0 Å². The Morgan fingerprint density at radius 1 is 1.23 bits per heavy atom. The summed E-state index contributed by atoms with van der Waals surface area (Å²) in [7, 11) is 0. The van der Waals surface area contributed by atoms with Crippen LogP contribution in [0.1, 0.15) is 18.4 Å². The molecule has 0 saturated heterocycles. The molecular formula is C10H13Cl2N. The van der Waals surface area contributed by atoms with Gasteiger partial charge < -0.3 is 5.32 Å². The maximum absolute atomic E-state index is 5.77. The lowest BCUT2D eigenvalue weighted by molar-refractivity contribution is 0.688. The number of rotatable bonds is 3. The summed E-state index contributed by atoms with van der Waals surface area (Å²) >= 11 is 5.77. The van der Waals surface area contributed by atoms with Gasteiger partial charge in [-0.2, -0.15) is 0 Å². The summed E-state index contributed by atoms with van der Waals surface area (Å²) in [6.45, 7) is 0.974. The molecule has 2 rings (SSSR count). The van der Waals surface area contributed by atoms with Gasteiger partial charge in [0.1, 0.15) is 0 Å². The van der Waals surface area contributed by atoms with Gasteiger partial charge in [-0.15, -0.1) is 12.4 Å². The van der Waals surface area contributed by atoms with Crippen molar-refractivity contribution in [2.24, 2.45) is 0 Å². The molecule has 0 radical (unpaired) electrons. The fourth-order valence-electron chi connectivity index (χ4n) is 1.15. The zero-order valence-electron chi connectivity index (χ0n) is 7.29. The largest absolute Gasteiger partial charge is 0.310 e. The Labute approximate surface area is 89.9 Å². The molecule has 0 heterocycles. The van der Waals surface area contributed by atoms with Crippen molar-refractivity contribution in [3.8, 4) is 0 Å². The third-order valence-corrected chi connectivity index (χ3v) is 2.34. The molecule has 1 aliphatic carbocycles. The van der Waals surface area contributed by atoms with E-state index in [1.54, 1.807) is 0 Å². The molecular weight excluding hydrogens is 205 g/mol. The normalized spacial score (nSPS) is 15.2. The van der Waals surface area contributed by atoms with Gasteiger partial charge in [0.05, 0.1) is 0 Å². The van der Waals surface area contributed by atoms with Crippen molar-refractivity contribution in [3.05, 3.63) is 34.9 Å². The van der Waals surface area contributed by atoms with Crippen LogP contribution < -0.4 is 5.32 Å². The number of hydrogen-bond acceptors (Lipinski definition) is 1. The fraction of sp³-hybridized carbons (Fsp3) is 0.400. The van der Waals surface area contributed by atoms with E-state index in [1.807, 2.05) is 12.1 Å². The van der Waals surface area contributed by atoms with Gasteiger partial charge in [0.15, 0.2) is 0 Å². The van der Waals surface area contributed by atoms with E-state index in [4.69, 9.17) is 11.6 Å². The molecule has 0 atom stereocenters. The Hall–Kier alpha value is -0.240. The van der Waals surface area contributed by atoms with Crippen LogP contribution in [0, 0.1) is 0 Å². The molecule has 1 aliphatic rings. The van der Waals surface area contributed by atoms with Gasteiger partial charge in [-0.25, -0.2) is 0 Å². The minimum atomic E-state index is 0. The minimum Gasteiger partial charge on any atom is -0.310 e. The summed E-state index contributed by atoms with van der Waals surface area (Å²) in [5.41, 5.74) is 1.31. The Balaban J connectivity index is 0.000000845.